The van der Waals surface area contributed by atoms with Crippen molar-refractivity contribution in [3.8, 4) is 0 Å². The second kappa shape index (κ2) is 4.82. The molecule has 1 aliphatic rings. The second-order valence-corrected chi connectivity index (χ2v) is 4.77. The molecule has 0 aliphatic carbocycles. The Balaban J connectivity index is 1.75. The smallest absolute Gasteiger partial charge is 0.321 e. The van der Waals surface area contributed by atoms with E-state index in [2.05, 4.69) is 34.2 Å². The Morgan fingerprint density at radius 3 is 2.94 bits per heavy atom. The zero-order chi connectivity index (χ0) is 11.5. The van der Waals surface area contributed by atoms with E-state index in [9.17, 15) is 0 Å². The molecule has 1 aromatic heterocycles. The van der Waals surface area contributed by atoms with Gasteiger partial charge in [0.1, 0.15) is 0 Å². The predicted molar refractivity (Wildman–Crippen MR) is 62.3 cm³/mol. The van der Waals surface area contributed by atoms with Crippen LogP contribution in [0.3, 0.4) is 0 Å². The first-order chi connectivity index (χ1) is 7.65. The number of hydrogen-bond donors (Lipinski definition) is 1. The van der Waals surface area contributed by atoms with E-state index in [1.54, 1.807) is 0 Å². The van der Waals surface area contributed by atoms with E-state index >= 15 is 0 Å². The highest BCUT2D eigenvalue weighted by Gasteiger charge is 2.24. The van der Waals surface area contributed by atoms with Crippen molar-refractivity contribution in [2.45, 2.75) is 33.2 Å². The van der Waals surface area contributed by atoms with Gasteiger partial charge in [0, 0.05) is 19.1 Å². The predicted octanol–water partition coefficient (Wildman–Crippen LogP) is 1.52. The summed E-state index contributed by atoms with van der Waals surface area (Å²) in [7, 11) is 0. The first kappa shape index (κ1) is 11.4. The summed E-state index contributed by atoms with van der Waals surface area (Å²) >= 11 is 0. The molecule has 1 aliphatic heterocycles. The van der Waals surface area contributed by atoms with Crippen LogP contribution in [0.25, 0.3) is 0 Å². The van der Waals surface area contributed by atoms with Crippen molar-refractivity contribution in [2.75, 3.05) is 25.0 Å². The maximum Gasteiger partial charge on any atom is 0.321 e. The zero-order valence-corrected chi connectivity index (χ0v) is 10.2. The summed E-state index contributed by atoms with van der Waals surface area (Å²) in [5.41, 5.74) is 0. The number of aromatic nitrogens is 2. The van der Waals surface area contributed by atoms with Crippen LogP contribution in [-0.2, 0) is 0 Å². The molecule has 0 bridgehead atoms. The summed E-state index contributed by atoms with van der Waals surface area (Å²) in [5, 5.41) is 6.95. The average molecular weight is 224 g/mol. The highest BCUT2D eigenvalue weighted by molar-refractivity contribution is 5.17. The van der Waals surface area contributed by atoms with Gasteiger partial charge in [-0.25, -0.2) is 0 Å². The molecule has 0 amide bonds. The Kier molecular flexibility index (Phi) is 3.43. The molecule has 90 valence electrons. The third-order valence-electron chi connectivity index (χ3n) is 3.12. The Morgan fingerprint density at radius 1 is 1.56 bits per heavy atom. The van der Waals surface area contributed by atoms with Crippen molar-refractivity contribution < 1.29 is 4.52 Å². The molecule has 0 spiro atoms. The maximum absolute atomic E-state index is 5.01. The molecule has 1 aromatic rings. The quantitative estimate of drug-likeness (QED) is 0.840. The number of rotatable bonds is 4. The standard InChI is InChI=1S/C11H20N4O/c1-8(2)15-5-4-10(7-15)6-12-11-13-9(3)14-16-11/h8,10H,4-7H2,1-3H3,(H,12,13,14). The molecular formula is C11H20N4O. The van der Waals surface area contributed by atoms with Crippen LogP contribution in [0.2, 0.25) is 0 Å². The van der Waals surface area contributed by atoms with Gasteiger partial charge in [0.15, 0.2) is 5.82 Å². The number of hydrogen-bond acceptors (Lipinski definition) is 5. The fourth-order valence-corrected chi connectivity index (χ4v) is 2.10. The topological polar surface area (TPSA) is 54.2 Å². The van der Waals surface area contributed by atoms with Gasteiger partial charge in [-0.05, 0) is 39.7 Å². The van der Waals surface area contributed by atoms with E-state index in [0.717, 1.165) is 13.1 Å². The summed E-state index contributed by atoms with van der Waals surface area (Å²) in [5.74, 6) is 1.37. The largest absolute Gasteiger partial charge is 0.337 e. The van der Waals surface area contributed by atoms with Gasteiger partial charge >= 0.3 is 6.01 Å². The van der Waals surface area contributed by atoms with Gasteiger partial charge in [0.2, 0.25) is 0 Å². The Hall–Kier alpha value is -1.10. The first-order valence-electron chi connectivity index (χ1n) is 5.93. The number of likely N-dealkylation sites (tertiary alicyclic amines) is 1. The van der Waals surface area contributed by atoms with E-state index < -0.39 is 0 Å². The summed E-state index contributed by atoms with van der Waals surface area (Å²) in [6.45, 7) is 9.61. The van der Waals surface area contributed by atoms with Gasteiger partial charge in [0.05, 0.1) is 0 Å². The van der Waals surface area contributed by atoms with E-state index in [0.29, 0.717) is 23.8 Å². The molecule has 2 heterocycles. The molecule has 0 saturated carbocycles. The van der Waals surface area contributed by atoms with Gasteiger partial charge < -0.3 is 14.7 Å². The van der Waals surface area contributed by atoms with Crippen molar-refractivity contribution >= 4 is 6.01 Å². The van der Waals surface area contributed by atoms with Crippen molar-refractivity contribution in [2.24, 2.45) is 5.92 Å². The average Bonchev–Trinajstić information content (AvgIpc) is 2.83. The van der Waals surface area contributed by atoms with Crippen LogP contribution in [0.4, 0.5) is 6.01 Å². The molecule has 1 atom stereocenters. The molecule has 5 nitrogen and oxygen atoms in total. The molecule has 0 aromatic carbocycles. The van der Waals surface area contributed by atoms with E-state index in [1.165, 1.54) is 13.0 Å². The first-order valence-corrected chi connectivity index (χ1v) is 5.93. The lowest BCUT2D eigenvalue weighted by molar-refractivity contribution is 0.266. The number of nitrogens with one attached hydrogen (secondary N) is 1. The van der Waals surface area contributed by atoms with Crippen molar-refractivity contribution in [1.82, 2.24) is 15.0 Å². The lowest BCUT2D eigenvalue weighted by atomic mass is 10.1. The van der Waals surface area contributed by atoms with Crippen LogP contribution in [0.5, 0.6) is 0 Å². The lowest BCUT2D eigenvalue weighted by Gasteiger charge is -2.20. The van der Waals surface area contributed by atoms with Crippen LogP contribution in [0.1, 0.15) is 26.1 Å². The highest BCUT2D eigenvalue weighted by atomic mass is 16.5. The molecule has 1 N–H and O–H groups in total. The molecule has 1 unspecified atom stereocenters. The normalized spacial score (nSPS) is 21.9. The van der Waals surface area contributed by atoms with Crippen molar-refractivity contribution in [3.63, 3.8) is 0 Å². The minimum absolute atomic E-state index is 0.542. The summed E-state index contributed by atoms with van der Waals surface area (Å²) in [4.78, 5) is 6.63. The third kappa shape index (κ3) is 2.72. The summed E-state index contributed by atoms with van der Waals surface area (Å²) in [6.07, 6.45) is 1.25. The fraction of sp³-hybridized carbons (Fsp3) is 0.818. The van der Waals surface area contributed by atoms with E-state index in [-0.39, 0.29) is 0 Å². The Morgan fingerprint density at radius 2 is 2.38 bits per heavy atom. The zero-order valence-electron chi connectivity index (χ0n) is 10.2. The van der Waals surface area contributed by atoms with Crippen LogP contribution in [0, 0.1) is 12.8 Å². The van der Waals surface area contributed by atoms with Gasteiger partial charge in [-0.15, -0.1) is 0 Å². The molecule has 5 heteroatoms. The van der Waals surface area contributed by atoms with Gasteiger partial charge in [-0.3, -0.25) is 0 Å². The van der Waals surface area contributed by atoms with E-state index in [1.807, 2.05) is 6.92 Å². The monoisotopic (exact) mass is 224 g/mol. The number of anilines is 1. The molecular weight excluding hydrogens is 204 g/mol. The minimum atomic E-state index is 0.542. The van der Waals surface area contributed by atoms with Crippen molar-refractivity contribution in [3.05, 3.63) is 5.82 Å². The highest BCUT2D eigenvalue weighted by Crippen LogP contribution is 2.18. The molecule has 16 heavy (non-hydrogen) atoms. The fourth-order valence-electron chi connectivity index (χ4n) is 2.10. The minimum Gasteiger partial charge on any atom is -0.337 e. The SMILES string of the molecule is Cc1noc(NCC2CCN(C(C)C)C2)n1. The second-order valence-electron chi connectivity index (χ2n) is 4.77. The number of nitrogens with zero attached hydrogens (tertiary/aromatic N) is 3. The van der Waals surface area contributed by atoms with Crippen LogP contribution >= 0.6 is 0 Å². The Bertz CT molecular complexity index is 336. The molecule has 1 fully saturated rings. The van der Waals surface area contributed by atoms with Crippen molar-refractivity contribution in [1.29, 1.82) is 0 Å². The summed E-state index contributed by atoms with van der Waals surface area (Å²) < 4.78 is 5.01. The van der Waals surface area contributed by atoms with Gasteiger partial charge in [-0.1, -0.05) is 5.16 Å². The Labute approximate surface area is 96.2 Å². The van der Waals surface area contributed by atoms with Crippen LogP contribution in [0.15, 0.2) is 4.52 Å². The van der Waals surface area contributed by atoms with Gasteiger partial charge in [0.25, 0.3) is 0 Å². The van der Waals surface area contributed by atoms with E-state index in [4.69, 9.17) is 4.52 Å². The lowest BCUT2D eigenvalue weighted by Crippen LogP contribution is -2.29. The molecule has 0 radical (unpaired) electrons. The number of aryl methyl sites for hydroxylation is 1. The molecule has 1 saturated heterocycles. The maximum atomic E-state index is 5.01. The molecule has 2 rings (SSSR count). The van der Waals surface area contributed by atoms with Gasteiger partial charge in [-0.2, -0.15) is 4.98 Å². The summed E-state index contributed by atoms with van der Waals surface area (Å²) in [6, 6.07) is 1.19. The third-order valence-corrected chi connectivity index (χ3v) is 3.12. The van der Waals surface area contributed by atoms with Crippen LogP contribution < -0.4 is 5.32 Å². The van der Waals surface area contributed by atoms with Crippen LogP contribution in [-0.4, -0.2) is 40.7 Å².